The van der Waals surface area contributed by atoms with Crippen LogP contribution in [0.15, 0.2) is 41.0 Å². The molecule has 1 atom stereocenters. The summed E-state index contributed by atoms with van der Waals surface area (Å²) >= 11 is 1.43. The molecule has 130 valence electrons. The topological polar surface area (TPSA) is 84.4 Å². The third kappa shape index (κ3) is 3.35. The van der Waals surface area contributed by atoms with Crippen LogP contribution >= 0.6 is 11.3 Å². The number of furan rings is 1. The smallest absolute Gasteiger partial charge is 0.270 e. The number of nitrogens with one attached hydrogen (secondary N) is 1. The SMILES string of the molecule is O=[N+]([O-])c1ccc2nc(NCC(c3ccco3)N3CCCC3)sc2c1. The highest BCUT2D eigenvalue weighted by Crippen LogP contribution is 2.31. The van der Waals surface area contributed by atoms with Crippen molar-refractivity contribution >= 4 is 32.4 Å². The number of non-ortho nitro benzene ring substituents is 1. The molecule has 3 aromatic rings. The van der Waals surface area contributed by atoms with Crippen LogP contribution in [0.4, 0.5) is 10.8 Å². The lowest BCUT2D eigenvalue weighted by molar-refractivity contribution is -0.384. The van der Waals surface area contributed by atoms with E-state index in [0.29, 0.717) is 6.54 Å². The number of anilines is 1. The summed E-state index contributed by atoms with van der Waals surface area (Å²) < 4.78 is 6.44. The lowest BCUT2D eigenvalue weighted by Gasteiger charge is -2.25. The maximum atomic E-state index is 10.9. The van der Waals surface area contributed by atoms with E-state index in [1.54, 1.807) is 18.4 Å². The highest BCUT2D eigenvalue weighted by molar-refractivity contribution is 7.22. The van der Waals surface area contributed by atoms with Crippen molar-refractivity contribution in [2.45, 2.75) is 18.9 Å². The number of likely N-dealkylation sites (tertiary alicyclic amines) is 1. The third-order valence-electron chi connectivity index (χ3n) is 4.48. The van der Waals surface area contributed by atoms with Crippen molar-refractivity contribution in [2.24, 2.45) is 0 Å². The minimum Gasteiger partial charge on any atom is -0.468 e. The standard InChI is InChI=1S/C17H18N4O3S/c22-21(23)12-5-6-13-16(10-12)25-17(19-13)18-11-14(15-4-3-9-24-15)20-7-1-2-8-20/h3-6,9-10,14H,1-2,7-8,11H2,(H,18,19). The van der Waals surface area contributed by atoms with Gasteiger partial charge < -0.3 is 9.73 Å². The predicted molar refractivity (Wildman–Crippen MR) is 97.0 cm³/mol. The Morgan fingerprint density at radius 3 is 2.92 bits per heavy atom. The largest absolute Gasteiger partial charge is 0.468 e. The molecule has 1 saturated heterocycles. The van der Waals surface area contributed by atoms with Gasteiger partial charge >= 0.3 is 0 Å². The highest BCUT2D eigenvalue weighted by atomic mass is 32.1. The average molecular weight is 358 g/mol. The van der Waals surface area contributed by atoms with Gasteiger partial charge in [0.25, 0.3) is 5.69 Å². The molecule has 0 saturated carbocycles. The molecule has 0 spiro atoms. The summed E-state index contributed by atoms with van der Waals surface area (Å²) in [7, 11) is 0. The minimum absolute atomic E-state index is 0.0910. The van der Waals surface area contributed by atoms with Crippen molar-refractivity contribution in [1.82, 2.24) is 9.88 Å². The Balaban J connectivity index is 1.52. The molecule has 1 aliphatic rings. The molecular weight excluding hydrogens is 340 g/mol. The normalized spacial score (nSPS) is 16.3. The van der Waals surface area contributed by atoms with Gasteiger partial charge in [0.2, 0.25) is 0 Å². The van der Waals surface area contributed by atoms with Gasteiger partial charge in [0.15, 0.2) is 5.13 Å². The Bertz CT molecular complexity index is 871. The van der Waals surface area contributed by atoms with Gasteiger partial charge in [-0.1, -0.05) is 11.3 Å². The third-order valence-corrected chi connectivity index (χ3v) is 5.46. The predicted octanol–water partition coefficient (Wildman–Crippen LogP) is 4.05. The Kier molecular flexibility index (Phi) is 4.37. The van der Waals surface area contributed by atoms with Crippen molar-refractivity contribution in [3.05, 3.63) is 52.5 Å². The van der Waals surface area contributed by atoms with Crippen molar-refractivity contribution in [3.8, 4) is 0 Å². The van der Waals surface area contributed by atoms with Crippen LogP contribution in [-0.2, 0) is 0 Å². The number of fused-ring (bicyclic) bond motifs is 1. The Morgan fingerprint density at radius 2 is 2.20 bits per heavy atom. The lowest BCUT2D eigenvalue weighted by atomic mass is 10.2. The number of nitro benzene ring substituents is 1. The highest BCUT2D eigenvalue weighted by Gasteiger charge is 2.25. The van der Waals surface area contributed by atoms with E-state index in [0.717, 1.165) is 34.2 Å². The quantitative estimate of drug-likeness (QED) is 0.529. The number of rotatable bonds is 6. The molecule has 8 heteroatoms. The number of nitro groups is 1. The first-order valence-corrected chi connectivity index (χ1v) is 9.09. The zero-order valence-corrected chi connectivity index (χ0v) is 14.4. The number of nitrogens with zero attached hydrogens (tertiary/aromatic N) is 3. The Morgan fingerprint density at radius 1 is 1.36 bits per heavy atom. The average Bonchev–Trinajstić information content (AvgIpc) is 3.36. The zero-order valence-electron chi connectivity index (χ0n) is 13.6. The van der Waals surface area contributed by atoms with Crippen molar-refractivity contribution < 1.29 is 9.34 Å². The minimum atomic E-state index is -0.382. The van der Waals surface area contributed by atoms with E-state index >= 15 is 0 Å². The van der Waals surface area contributed by atoms with Crippen molar-refractivity contribution in [3.63, 3.8) is 0 Å². The first-order chi connectivity index (χ1) is 12.2. The second-order valence-corrected chi connectivity index (χ2v) is 7.11. The van der Waals surface area contributed by atoms with Crippen LogP contribution in [-0.4, -0.2) is 34.4 Å². The van der Waals surface area contributed by atoms with Crippen molar-refractivity contribution in [1.29, 1.82) is 0 Å². The van der Waals surface area contributed by atoms with Gasteiger partial charge in [0, 0.05) is 18.7 Å². The van der Waals surface area contributed by atoms with E-state index in [9.17, 15) is 10.1 Å². The van der Waals surface area contributed by atoms with E-state index in [1.807, 2.05) is 12.1 Å². The molecule has 1 aliphatic heterocycles. The molecule has 1 fully saturated rings. The number of benzene rings is 1. The molecule has 2 aromatic heterocycles. The number of thiazole rings is 1. The van der Waals surface area contributed by atoms with E-state index in [1.165, 1.54) is 30.2 Å². The summed E-state index contributed by atoms with van der Waals surface area (Å²) in [5.74, 6) is 0.950. The van der Waals surface area contributed by atoms with Crippen LogP contribution in [0.5, 0.6) is 0 Å². The van der Waals surface area contributed by atoms with Crippen LogP contribution in [0.1, 0.15) is 24.6 Å². The Hall–Kier alpha value is -2.45. The summed E-state index contributed by atoms with van der Waals surface area (Å²) in [6, 6.07) is 8.84. The van der Waals surface area contributed by atoms with E-state index in [-0.39, 0.29) is 16.7 Å². The fraction of sp³-hybridized carbons (Fsp3) is 0.353. The van der Waals surface area contributed by atoms with Crippen LogP contribution < -0.4 is 5.32 Å². The molecule has 1 N–H and O–H groups in total. The molecule has 0 radical (unpaired) electrons. The monoisotopic (exact) mass is 358 g/mol. The first kappa shape index (κ1) is 16.0. The fourth-order valence-electron chi connectivity index (χ4n) is 3.23. The number of aromatic nitrogens is 1. The van der Waals surface area contributed by atoms with Crippen LogP contribution in [0.2, 0.25) is 0 Å². The molecule has 0 bridgehead atoms. The molecule has 25 heavy (non-hydrogen) atoms. The molecule has 4 rings (SSSR count). The summed E-state index contributed by atoms with van der Waals surface area (Å²) in [5, 5.41) is 15.1. The van der Waals surface area contributed by atoms with E-state index in [4.69, 9.17) is 4.42 Å². The summed E-state index contributed by atoms with van der Waals surface area (Å²) in [4.78, 5) is 17.5. The number of hydrogen-bond acceptors (Lipinski definition) is 7. The molecule has 1 unspecified atom stereocenters. The van der Waals surface area contributed by atoms with Gasteiger partial charge in [0.1, 0.15) is 5.76 Å². The summed E-state index contributed by atoms with van der Waals surface area (Å²) in [6.07, 6.45) is 4.12. The summed E-state index contributed by atoms with van der Waals surface area (Å²) in [6.45, 7) is 2.83. The van der Waals surface area contributed by atoms with Gasteiger partial charge in [-0.05, 0) is 44.1 Å². The maximum Gasteiger partial charge on any atom is 0.270 e. The second-order valence-electron chi connectivity index (χ2n) is 6.08. The van der Waals surface area contributed by atoms with Crippen molar-refractivity contribution in [2.75, 3.05) is 25.0 Å². The molecule has 0 aliphatic carbocycles. The maximum absolute atomic E-state index is 10.9. The van der Waals surface area contributed by atoms with E-state index < -0.39 is 0 Å². The number of hydrogen-bond donors (Lipinski definition) is 1. The Labute approximate surface area is 148 Å². The van der Waals surface area contributed by atoms with Crippen LogP contribution in [0.25, 0.3) is 10.2 Å². The molecule has 7 nitrogen and oxygen atoms in total. The van der Waals surface area contributed by atoms with Gasteiger partial charge in [-0.2, -0.15) is 0 Å². The molecule has 1 aromatic carbocycles. The van der Waals surface area contributed by atoms with Crippen LogP contribution in [0, 0.1) is 10.1 Å². The molecule has 0 amide bonds. The first-order valence-electron chi connectivity index (χ1n) is 8.27. The fourth-order valence-corrected chi connectivity index (χ4v) is 4.14. The van der Waals surface area contributed by atoms with Gasteiger partial charge in [-0.25, -0.2) is 4.98 Å². The van der Waals surface area contributed by atoms with Crippen LogP contribution in [0.3, 0.4) is 0 Å². The summed E-state index contributed by atoms with van der Waals surface area (Å²) in [5.41, 5.74) is 0.863. The second kappa shape index (κ2) is 6.81. The van der Waals surface area contributed by atoms with Gasteiger partial charge in [-0.3, -0.25) is 15.0 Å². The van der Waals surface area contributed by atoms with Gasteiger partial charge in [0.05, 0.1) is 27.4 Å². The van der Waals surface area contributed by atoms with E-state index in [2.05, 4.69) is 15.2 Å². The lowest BCUT2D eigenvalue weighted by Crippen LogP contribution is -2.30. The molecule has 3 heterocycles. The van der Waals surface area contributed by atoms with Gasteiger partial charge in [-0.15, -0.1) is 0 Å². The zero-order chi connectivity index (χ0) is 17.2. The molecular formula is C17H18N4O3S.